The Kier molecular flexibility index (Phi) is 6.53. The number of benzene rings is 2. The zero-order valence-electron chi connectivity index (χ0n) is 21.5. The molecular weight excluding hydrogens is 441 g/mol. The summed E-state index contributed by atoms with van der Waals surface area (Å²) in [5.41, 5.74) is 6.44. The van der Waals surface area contributed by atoms with Crippen LogP contribution in [0.15, 0.2) is 30.3 Å². The molecule has 0 N–H and O–H groups in total. The Labute approximate surface area is 199 Å². The van der Waals surface area contributed by atoms with Crippen molar-refractivity contribution in [2.75, 3.05) is 14.2 Å². The number of hydrogen-bond acceptors (Lipinski definition) is 2. The van der Waals surface area contributed by atoms with Crippen LogP contribution >= 0.6 is 0 Å². The van der Waals surface area contributed by atoms with E-state index in [2.05, 4.69) is 69.6 Å². The molecular formula is C27H42O2Si3. The molecule has 2 aliphatic carbocycles. The molecule has 32 heavy (non-hydrogen) atoms. The van der Waals surface area contributed by atoms with Crippen molar-refractivity contribution in [3.05, 3.63) is 41.5 Å². The monoisotopic (exact) mass is 482 g/mol. The molecule has 0 bridgehead atoms. The third kappa shape index (κ3) is 4.05. The molecule has 0 saturated heterocycles. The Hall–Kier alpha value is -0.989. The van der Waals surface area contributed by atoms with Gasteiger partial charge in [-0.05, 0) is 46.7 Å². The normalized spacial score (nSPS) is 17.4. The van der Waals surface area contributed by atoms with Gasteiger partial charge >= 0.3 is 8.56 Å². The van der Waals surface area contributed by atoms with E-state index in [0.29, 0.717) is 5.54 Å². The van der Waals surface area contributed by atoms with Crippen LogP contribution in [0, 0.1) is 0 Å². The Bertz CT molecular complexity index is 991. The van der Waals surface area contributed by atoms with Crippen LogP contribution in [0.2, 0.25) is 44.8 Å². The lowest BCUT2D eigenvalue weighted by Gasteiger charge is -2.41. The first kappa shape index (κ1) is 24.1. The van der Waals surface area contributed by atoms with E-state index < -0.39 is 24.7 Å². The Morgan fingerprint density at radius 2 is 1.38 bits per heavy atom. The van der Waals surface area contributed by atoms with Gasteiger partial charge in [0.2, 0.25) is 0 Å². The van der Waals surface area contributed by atoms with E-state index in [9.17, 15) is 0 Å². The molecule has 0 amide bonds. The van der Waals surface area contributed by atoms with Gasteiger partial charge in [-0.3, -0.25) is 0 Å². The quantitative estimate of drug-likeness (QED) is 0.424. The molecule has 0 heterocycles. The topological polar surface area (TPSA) is 18.5 Å². The summed E-state index contributed by atoms with van der Waals surface area (Å²) in [6.07, 6.45) is 7.50. The summed E-state index contributed by atoms with van der Waals surface area (Å²) in [6, 6.07) is 12.2. The molecule has 2 aliphatic rings. The highest BCUT2D eigenvalue weighted by Gasteiger charge is 2.51. The van der Waals surface area contributed by atoms with Gasteiger partial charge in [-0.1, -0.05) is 99.2 Å². The van der Waals surface area contributed by atoms with Crippen LogP contribution in [0.25, 0.3) is 11.1 Å². The van der Waals surface area contributed by atoms with E-state index in [1.54, 1.807) is 10.4 Å². The van der Waals surface area contributed by atoms with E-state index in [1.807, 2.05) is 14.2 Å². The second-order valence-electron chi connectivity index (χ2n) is 12.0. The van der Waals surface area contributed by atoms with Crippen molar-refractivity contribution in [1.82, 2.24) is 0 Å². The van der Waals surface area contributed by atoms with Crippen LogP contribution in [0.5, 0.6) is 0 Å². The van der Waals surface area contributed by atoms with Crippen molar-refractivity contribution >= 4 is 40.3 Å². The number of hydrogen-bond donors (Lipinski definition) is 0. The summed E-state index contributed by atoms with van der Waals surface area (Å²) in [4.78, 5) is 0. The van der Waals surface area contributed by atoms with Gasteiger partial charge in [0.05, 0.1) is 16.1 Å². The summed E-state index contributed by atoms with van der Waals surface area (Å²) < 4.78 is 13.2. The maximum absolute atomic E-state index is 6.60. The lowest BCUT2D eigenvalue weighted by atomic mass is 10.0. The minimum Gasteiger partial charge on any atom is -0.394 e. The molecule has 174 valence electrons. The van der Waals surface area contributed by atoms with E-state index in [0.717, 1.165) is 6.42 Å². The van der Waals surface area contributed by atoms with Crippen molar-refractivity contribution in [1.29, 1.82) is 0 Å². The molecule has 5 heteroatoms. The molecule has 0 radical (unpaired) electrons. The minimum atomic E-state index is -2.58. The zero-order chi connectivity index (χ0) is 23.3. The van der Waals surface area contributed by atoms with Gasteiger partial charge in [-0.25, -0.2) is 0 Å². The highest BCUT2D eigenvalue weighted by Crippen LogP contribution is 2.41. The van der Waals surface area contributed by atoms with E-state index in [4.69, 9.17) is 8.85 Å². The Morgan fingerprint density at radius 1 is 0.750 bits per heavy atom. The smallest absolute Gasteiger partial charge is 0.375 e. The van der Waals surface area contributed by atoms with E-state index in [1.165, 1.54) is 59.5 Å². The highest BCUT2D eigenvalue weighted by atomic mass is 28.4. The highest BCUT2D eigenvalue weighted by molar-refractivity contribution is 6.96. The van der Waals surface area contributed by atoms with E-state index >= 15 is 0 Å². The standard InChI is InChI=1S/C27H42O2Si3/c1-28-32(29-2,21-12-10-9-11-13-21)27-25-19-20-18-22(30(3,4)5)14-15-23(20)24(25)16-17-26(27)31(6,7)8/h14-18,21H,9-13,19H2,1-8H3. The molecule has 1 fully saturated rings. The maximum Gasteiger partial charge on any atom is 0.375 e. The lowest BCUT2D eigenvalue weighted by Crippen LogP contribution is -2.66. The first-order chi connectivity index (χ1) is 15.0. The van der Waals surface area contributed by atoms with Gasteiger partial charge < -0.3 is 8.85 Å². The third-order valence-electron chi connectivity index (χ3n) is 7.85. The molecule has 4 rings (SSSR count). The summed E-state index contributed by atoms with van der Waals surface area (Å²) in [6.45, 7) is 14.8. The van der Waals surface area contributed by atoms with Gasteiger partial charge in [-0.2, -0.15) is 0 Å². The SMILES string of the molecule is CO[Si](OC)(c1c([Si](C)(C)C)ccc2c1Cc1cc([Si](C)(C)C)ccc1-2)C1CCCCC1. The van der Waals surface area contributed by atoms with Crippen molar-refractivity contribution in [2.45, 2.75) is 83.3 Å². The lowest BCUT2D eigenvalue weighted by molar-refractivity contribution is 0.232. The molecule has 0 aromatic heterocycles. The average molecular weight is 483 g/mol. The number of fused-ring (bicyclic) bond motifs is 3. The van der Waals surface area contributed by atoms with Gasteiger partial charge in [0, 0.05) is 19.8 Å². The van der Waals surface area contributed by atoms with Crippen molar-refractivity contribution in [2.24, 2.45) is 0 Å². The average Bonchev–Trinajstić information content (AvgIpc) is 3.12. The fourth-order valence-corrected chi connectivity index (χ4v) is 14.3. The van der Waals surface area contributed by atoms with Crippen LogP contribution in [0.1, 0.15) is 43.2 Å². The second kappa shape index (κ2) is 8.66. The van der Waals surface area contributed by atoms with Gasteiger partial charge in [0.25, 0.3) is 0 Å². The number of rotatable bonds is 6. The fraction of sp³-hybridized carbons (Fsp3) is 0.556. The molecule has 0 unspecified atom stereocenters. The van der Waals surface area contributed by atoms with Gasteiger partial charge in [0.1, 0.15) is 0 Å². The Morgan fingerprint density at radius 3 is 1.94 bits per heavy atom. The van der Waals surface area contributed by atoms with Crippen LogP contribution in [0.3, 0.4) is 0 Å². The van der Waals surface area contributed by atoms with Crippen molar-refractivity contribution < 1.29 is 8.85 Å². The maximum atomic E-state index is 6.60. The van der Waals surface area contributed by atoms with Crippen molar-refractivity contribution in [3.8, 4) is 11.1 Å². The molecule has 1 saturated carbocycles. The van der Waals surface area contributed by atoms with Crippen LogP contribution in [-0.2, 0) is 15.3 Å². The largest absolute Gasteiger partial charge is 0.394 e. The Balaban J connectivity index is 1.95. The summed E-state index contributed by atoms with van der Waals surface area (Å²) >= 11 is 0. The second-order valence-corrected chi connectivity index (χ2v) is 25.6. The van der Waals surface area contributed by atoms with Crippen LogP contribution in [-0.4, -0.2) is 38.9 Å². The molecule has 2 nitrogen and oxygen atoms in total. The zero-order valence-corrected chi connectivity index (χ0v) is 24.5. The van der Waals surface area contributed by atoms with E-state index in [-0.39, 0.29) is 0 Å². The fourth-order valence-electron chi connectivity index (χ4n) is 6.07. The molecule has 2 aromatic rings. The molecule has 0 spiro atoms. The first-order valence-electron chi connectivity index (χ1n) is 12.4. The summed E-state index contributed by atoms with van der Waals surface area (Å²) in [5.74, 6) is 0. The van der Waals surface area contributed by atoms with Gasteiger partial charge in [-0.15, -0.1) is 0 Å². The third-order valence-corrected chi connectivity index (χ3v) is 16.3. The molecule has 0 aliphatic heterocycles. The molecule has 2 aromatic carbocycles. The predicted molar refractivity (Wildman–Crippen MR) is 147 cm³/mol. The summed E-state index contributed by atoms with van der Waals surface area (Å²) in [5, 5.41) is 4.64. The van der Waals surface area contributed by atoms with Crippen LogP contribution in [0.4, 0.5) is 0 Å². The molecule has 0 atom stereocenters. The minimum absolute atomic E-state index is 0.550. The summed E-state index contributed by atoms with van der Waals surface area (Å²) in [7, 11) is -1.64. The van der Waals surface area contributed by atoms with Gasteiger partial charge in [0.15, 0.2) is 0 Å². The van der Waals surface area contributed by atoms with Crippen LogP contribution < -0.4 is 15.6 Å². The first-order valence-corrected chi connectivity index (χ1v) is 21.3. The predicted octanol–water partition coefficient (Wildman–Crippen LogP) is 5.62. The van der Waals surface area contributed by atoms with Crippen molar-refractivity contribution in [3.63, 3.8) is 0 Å².